The van der Waals surface area contributed by atoms with Crippen LogP contribution in [0.25, 0.3) is 11.1 Å². The van der Waals surface area contributed by atoms with E-state index >= 15 is 0 Å². The molecule has 0 unspecified atom stereocenters. The number of aryl methyl sites for hydroxylation is 2. The Bertz CT molecular complexity index is 613. The Hall–Kier alpha value is -1.52. The maximum Gasteiger partial charge on any atom is 2.00 e. The van der Waals surface area contributed by atoms with E-state index < -0.39 is 5.97 Å². The van der Waals surface area contributed by atoms with Crippen LogP contribution in [0.4, 0.5) is 5.69 Å². The molecule has 0 radical (unpaired) electrons. The van der Waals surface area contributed by atoms with E-state index in [9.17, 15) is 9.90 Å². The summed E-state index contributed by atoms with van der Waals surface area (Å²) in [4.78, 5) is 11.3. The van der Waals surface area contributed by atoms with Crippen LogP contribution >= 0.6 is 0 Å². The van der Waals surface area contributed by atoms with Crippen molar-refractivity contribution in [3.63, 3.8) is 0 Å². The van der Waals surface area contributed by atoms with E-state index in [4.69, 9.17) is 5.73 Å². The number of carboxylic acid groups (broad SMARTS) is 1. The molecule has 0 spiro atoms. The van der Waals surface area contributed by atoms with Gasteiger partial charge in [0, 0.05) is 11.3 Å². The van der Waals surface area contributed by atoms with Crippen LogP contribution < -0.4 is 5.73 Å². The van der Waals surface area contributed by atoms with Crippen molar-refractivity contribution in [3.8, 4) is 11.1 Å². The van der Waals surface area contributed by atoms with Crippen LogP contribution in [0.3, 0.4) is 0 Å². The summed E-state index contributed by atoms with van der Waals surface area (Å²) in [6, 6.07) is 10.9. The molecule has 0 heterocycles. The summed E-state index contributed by atoms with van der Waals surface area (Å²) >= 11 is 0. The van der Waals surface area contributed by atoms with Gasteiger partial charge in [-0.15, -0.1) is 0 Å². The number of hydrogen-bond acceptors (Lipinski definition) is 2. The predicted octanol–water partition coefficient (Wildman–Crippen LogP) is 3.10. The molecule has 0 atom stereocenters. The van der Waals surface area contributed by atoms with Crippen molar-refractivity contribution in [1.82, 2.24) is 0 Å². The smallest absolute Gasteiger partial charge is 1.00 e. The van der Waals surface area contributed by atoms with Gasteiger partial charge < -0.3 is 13.7 Å². The summed E-state index contributed by atoms with van der Waals surface area (Å²) in [7, 11) is 0. The van der Waals surface area contributed by atoms with Gasteiger partial charge in [-0.2, -0.15) is 0 Å². The first-order valence-corrected chi connectivity index (χ1v) is 5.69. The molecular weight excluding hydrogens is 250 g/mol. The molecule has 0 aliphatic rings. The molecule has 0 aromatic heterocycles. The van der Waals surface area contributed by atoms with Crippen LogP contribution in [-0.4, -0.2) is 34.1 Å². The number of anilines is 1. The monoisotopic (exact) mass is 267 g/mol. The standard InChI is InChI=1S/C15H15NO2.Mg.2H/c1-9-6-10(2)8-11(7-9)14-12(15(17)18)4-3-5-13(14)16;;;/h3-8H,16H2,1-2H3,(H,17,18);;;/q;+2;2*-1. The van der Waals surface area contributed by atoms with E-state index in [1.165, 1.54) is 0 Å². The number of nitrogen functional groups attached to an aromatic ring is 1. The second kappa shape index (κ2) is 6.08. The van der Waals surface area contributed by atoms with Crippen molar-refractivity contribution in [3.05, 3.63) is 53.1 Å². The number of nitrogens with two attached hydrogens (primary N) is 1. The molecule has 2 rings (SSSR count). The fourth-order valence-electron chi connectivity index (χ4n) is 2.19. The molecule has 0 saturated heterocycles. The summed E-state index contributed by atoms with van der Waals surface area (Å²) in [5.74, 6) is -0.962. The number of hydrogen-bond donors (Lipinski definition) is 2. The first-order chi connectivity index (χ1) is 8.49. The predicted molar refractivity (Wildman–Crippen MR) is 80.7 cm³/mol. The maximum absolute atomic E-state index is 11.3. The number of rotatable bonds is 2. The zero-order chi connectivity index (χ0) is 13.3. The zero-order valence-corrected chi connectivity index (χ0v) is 12.5. The topological polar surface area (TPSA) is 63.3 Å². The minimum absolute atomic E-state index is 0. The van der Waals surface area contributed by atoms with Crippen LogP contribution in [0, 0.1) is 13.8 Å². The van der Waals surface area contributed by atoms with E-state index in [2.05, 4.69) is 0 Å². The molecule has 3 N–H and O–H groups in total. The van der Waals surface area contributed by atoms with E-state index in [0.29, 0.717) is 11.3 Å². The molecule has 2 aromatic rings. The normalized spacial score (nSPS) is 9.79. The van der Waals surface area contributed by atoms with Gasteiger partial charge in [-0.3, -0.25) is 0 Å². The summed E-state index contributed by atoms with van der Waals surface area (Å²) in [5, 5.41) is 9.23. The van der Waals surface area contributed by atoms with Crippen molar-refractivity contribution in [2.45, 2.75) is 13.8 Å². The number of carbonyl (C=O) groups is 1. The molecule has 2 aromatic carbocycles. The van der Waals surface area contributed by atoms with E-state index in [0.717, 1.165) is 16.7 Å². The fraction of sp³-hybridized carbons (Fsp3) is 0.133. The Morgan fingerprint density at radius 2 is 1.74 bits per heavy atom. The van der Waals surface area contributed by atoms with Gasteiger partial charge in [0.15, 0.2) is 0 Å². The molecule has 0 saturated carbocycles. The van der Waals surface area contributed by atoms with Crippen molar-refractivity contribution >= 4 is 34.7 Å². The van der Waals surface area contributed by atoms with E-state index in [1.807, 2.05) is 32.0 Å². The van der Waals surface area contributed by atoms with E-state index in [1.54, 1.807) is 18.2 Å². The quantitative estimate of drug-likeness (QED) is 0.649. The molecule has 0 aliphatic carbocycles. The summed E-state index contributed by atoms with van der Waals surface area (Å²) in [5.41, 5.74) is 10.3. The van der Waals surface area contributed by atoms with Gasteiger partial charge in [-0.1, -0.05) is 35.4 Å². The van der Waals surface area contributed by atoms with Crippen LogP contribution in [0.2, 0.25) is 0 Å². The second-order valence-electron chi connectivity index (χ2n) is 4.45. The molecule has 0 bridgehead atoms. The first-order valence-electron chi connectivity index (χ1n) is 5.69. The molecule has 4 heteroatoms. The Morgan fingerprint density at radius 3 is 2.26 bits per heavy atom. The minimum Gasteiger partial charge on any atom is -1.00 e. The van der Waals surface area contributed by atoms with Gasteiger partial charge >= 0.3 is 29.0 Å². The Labute approximate surface area is 131 Å². The number of benzene rings is 2. The molecule has 0 fully saturated rings. The van der Waals surface area contributed by atoms with Crippen LogP contribution in [0.15, 0.2) is 36.4 Å². The second-order valence-corrected chi connectivity index (χ2v) is 4.45. The van der Waals surface area contributed by atoms with Crippen LogP contribution in [0.1, 0.15) is 24.3 Å². The van der Waals surface area contributed by atoms with Gasteiger partial charge in [-0.05, 0) is 31.5 Å². The largest absolute Gasteiger partial charge is 2.00 e. The average Bonchev–Trinajstić information content (AvgIpc) is 2.26. The Kier molecular flexibility index (Phi) is 4.97. The summed E-state index contributed by atoms with van der Waals surface area (Å²) in [6.07, 6.45) is 0. The van der Waals surface area contributed by atoms with Crippen molar-refractivity contribution < 1.29 is 12.8 Å². The van der Waals surface area contributed by atoms with Crippen molar-refractivity contribution in [1.29, 1.82) is 0 Å². The van der Waals surface area contributed by atoms with Crippen LogP contribution in [0.5, 0.6) is 0 Å². The van der Waals surface area contributed by atoms with E-state index in [-0.39, 0.29) is 31.5 Å². The fourth-order valence-corrected chi connectivity index (χ4v) is 2.19. The first kappa shape index (κ1) is 15.5. The van der Waals surface area contributed by atoms with Gasteiger partial charge in [0.25, 0.3) is 0 Å². The number of carboxylic acids is 1. The van der Waals surface area contributed by atoms with Crippen molar-refractivity contribution in [2.75, 3.05) is 5.73 Å². The van der Waals surface area contributed by atoms with Gasteiger partial charge in [0.2, 0.25) is 0 Å². The van der Waals surface area contributed by atoms with Crippen molar-refractivity contribution in [2.24, 2.45) is 0 Å². The minimum atomic E-state index is -0.962. The third-order valence-corrected chi connectivity index (χ3v) is 2.84. The molecule has 3 nitrogen and oxygen atoms in total. The number of aromatic carboxylic acids is 1. The van der Waals surface area contributed by atoms with Gasteiger partial charge in [-0.25, -0.2) is 4.79 Å². The average molecular weight is 268 g/mol. The molecule has 0 amide bonds. The van der Waals surface area contributed by atoms with Gasteiger partial charge in [0.05, 0.1) is 5.56 Å². The summed E-state index contributed by atoms with van der Waals surface area (Å²) in [6.45, 7) is 3.96. The molecule has 0 aliphatic heterocycles. The Morgan fingerprint density at radius 1 is 1.16 bits per heavy atom. The summed E-state index contributed by atoms with van der Waals surface area (Å²) < 4.78 is 0. The molecule has 96 valence electrons. The van der Waals surface area contributed by atoms with Gasteiger partial charge in [0.1, 0.15) is 0 Å². The Balaban J connectivity index is 0. The SMILES string of the molecule is Cc1cc(C)cc(-c2c(N)cccc2C(=O)O)c1.[H-].[H-].[Mg+2]. The third kappa shape index (κ3) is 3.27. The third-order valence-electron chi connectivity index (χ3n) is 2.84. The maximum atomic E-state index is 11.3. The molecule has 19 heavy (non-hydrogen) atoms. The van der Waals surface area contributed by atoms with Crippen LogP contribution in [-0.2, 0) is 0 Å². The molecular formula is C15H17MgNO2. The zero-order valence-electron chi connectivity index (χ0n) is 13.1.